The van der Waals surface area contributed by atoms with Crippen molar-refractivity contribution in [3.8, 4) is 0 Å². The van der Waals surface area contributed by atoms with Crippen LogP contribution in [-0.2, 0) is 11.3 Å². The Morgan fingerprint density at radius 1 is 1.11 bits per heavy atom. The van der Waals surface area contributed by atoms with Crippen LogP contribution in [0.25, 0.3) is 0 Å². The number of carboxylic acid groups (broad SMARTS) is 1. The zero-order chi connectivity index (χ0) is 19.7. The number of carboxylic acids is 1. The summed E-state index contributed by atoms with van der Waals surface area (Å²) in [5, 5.41) is 19.1. The minimum Gasteiger partial charge on any atom is -0.478 e. The molecule has 0 aromatic heterocycles. The molecule has 1 saturated carbocycles. The Labute approximate surface area is 166 Å². The van der Waals surface area contributed by atoms with Crippen molar-refractivity contribution in [1.29, 1.82) is 0 Å². The number of carbonyl (C=O) groups excluding carboxylic acids is 1. The van der Waals surface area contributed by atoms with Crippen molar-refractivity contribution >= 4 is 11.9 Å². The number of carbonyl (C=O) groups is 2. The molecule has 3 fully saturated rings. The number of hydrogen-bond donors (Lipinski definition) is 2. The van der Waals surface area contributed by atoms with E-state index in [0.29, 0.717) is 12.1 Å². The fraction of sp³-hybridized carbons (Fsp3) is 0.636. The molecule has 6 heteroatoms. The van der Waals surface area contributed by atoms with Crippen molar-refractivity contribution in [2.45, 2.75) is 75.6 Å². The van der Waals surface area contributed by atoms with Crippen LogP contribution in [0, 0.1) is 0 Å². The lowest BCUT2D eigenvalue weighted by atomic mass is 9.82. The van der Waals surface area contributed by atoms with Crippen LogP contribution < -0.4 is 0 Å². The van der Waals surface area contributed by atoms with Crippen molar-refractivity contribution in [2.24, 2.45) is 0 Å². The van der Waals surface area contributed by atoms with E-state index in [-0.39, 0.29) is 18.1 Å². The van der Waals surface area contributed by atoms with E-state index in [1.807, 2.05) is 6.07 Å². The molecule has 2 aliphatic heterocycles. The molecule has 1 spiro atoms. The molecule has 2 saturated heterocycles. The fourth-order valence-electron chi connectivity index (χ4n) is 5.45. The number of rotatable bonds is 4. The second-order valence-electron chi connectivity index (χ2n) is 8.63. The van der Waals surface area contributed by atoms with E-state index in [0.717, 1.165) is 70.0 Å². The first-order valence-electron chi connectivity index (χ1n) is 10.6. The van der Waals surface area contributed by atoms with Crippen molar-refractivity contribution in [1.82, 2.24) is 9.80 Å². The molecule has 0 bridgehead atoms. The van der Waals surface area contributed by atoms with Gasteiger partial charge in [-0.05, 0) is 75.6 Å². The predicted molar refractivity (Wildman–Crippen MR) is 105 cm³/mol. The van der Waals surface area contributed by atoms with Gasteiger partial charge in [0.25, 0.3) is 0 Å². The minimum absolute atomic E-state index is 0.213. The van der Waals surface area contributed by atoms with Crippen LogP contribution in [0.3, 0.4) is 0 Å². The molecule has 6 nitrogen and oxygen atoms in total. The number of aliphatic hydroxyl groups excluding tert-OH is 1. The van der Waals surface area contributed by atoms with Crippen LogP contribution >= 0.6 is 0 Å². The van der Waals surface area contributed by atoms with E-state index in [1.54, 1.807) is 18.2 Å². The lowest BCUT2D eigenvalue weighted by molar-refractivity contribution is -0.152. The van der Waals surface area contributed by atoms with E-state index in [2.05, 4.69) is 9.80 Å². The first kappa shape index (κ1) is 19.4. The third kappa shape index (κ3) is 3.55. The highest BCUT2D eigenvalue weighted by atomic mass is 16.4. The number of hydrogen-bond acceptors (Lipinski definition) is 4. The average molecular weight is 386 g/mol. The van der Waals surface area contributed by atoms with Crippen LogP contribution in [0.4, 0.5) is 0 Å². The largest absolute Gasteiger partial charge is 0.478 e. The molecule has 1 aromatic carbocycles. The smallest absolute Gasteiger partial charge is 0.335 e. The predicted octanol–water partition coefficient (Wildman–Crippen LogP) is 2.65. The zero-order valence-electron chi connectivity index (χ0n) is 16.3. The number of piperidine rings is 1. The van der Waals surface area contributed by atoms with Gasteiger partial charge in [0.1, 0.15) is 5.54 Å². The van der Waals surface area contributed by atoms with Crippen molar-refractivity contribution in [3.05, 3.63) is 35.4 Å². The number of aliphatic hydroxyl groups is 1. The second kappa shape index (κ2) is 7.84. The Bertz CT molecular complexity index is 744. The summed E-state index contributed by atoms with van der Waals surface area (Å²) >= 11 is 0. The topological polar surface area (TPSA) is 81.1 Å². The Hall–Kier alpha value is -1.92. The van der Waals surface area contributed by atoms with Crippen LogP contribution in [0.2, 0.25) is 0 Å². The van der Waals surface area contributed by atoms with Gasteiger partial charge < -0.3 is 15.1 Å². The Balaban J connectivity index is 1.53. The Morgan fingerprint density at radius 2 is 1.82 bits per heavy atom. The van der Waals surface area contributed by atoms with Crippen LogP contribution in [0.5, 0.6) is 0 Å². The summed E-state index contributed by atoms with van der Waals surface area (Å²) in [6, 6.07) is 7.32. The van der Waals surface area contributed by atoms with Gasteiger partial charge in [-0.3, -0.25) is 9.69 Å². The summed E-state index contributed by atoms with van der Waals surface area (Å²) in [7, 11) is 0. The molecule has 1 aliphatic carbocycles. The summed E-state index contributed by atoms with van der Waals surface area (Å²) < 4.78 is 0. The molecule has 152 valence electrons. The highest BCUT2D eigenvalue weighted by Gasteiger charge is 2.51. The molecule has 0 radical (unpaired) electrons. The first-order valence-corrected chi connectivity index (χ1v) is 10.6. The maximum atomic E-state index is 13.6. The Kier molecular flexibility index (Phi) is 5.43. The van der Waals surface area contributed by atoms with Gasteiger partial charge >= 0.3 is 5.97 Å². The monoisotopic (exact) mass is 386 g/mol. The van der Waals surface area contributed by atoms with Gasteiger partial charge in [-0.1, -0.05) is 12.1 Å². The average Bonchev–Trinajstić information content (AvgIpc) is 3.08. The van der Waals surface area contributed by atoms with Crippen LogP contribution in [0.1, 0.15) is 67.3 Å². The lowest BCUT2D eigenvalue weighted by Gasteiger charge is -2.48. The molecule has 2 heterocycles. The summed E-state index contributed by atoms with van der Waals surface area (Å²) in [4.78, 5) is 29.3. The van der Waals surface area contributed by atoms with Gasteiger partial charge in [0.05, 0.1) is 11.7 Å². The highest BCUT2D eigenvalue weighted by Crippen LogP contribution is 2.41. The molecular formula is C22H30N2O4. The summed E-state index contributed by atoms with van der Waals surface area (Å²) in [6.45, 7) is 2.31. The van der Waals surface area contributed by atoms with Gasteiger partial charge in [-0.2, -0.15) is 0 Å². The van der Waals surface area contributed by atoms with Gasteiger partial charge in [-0.25, -0.2) is 4.79 Å². The van der Waals surface area contributed by atoms with Gasteiger partial charge in [0.15, 0.2) is 0 Å². The maximum absolute atomic E-state index is 13.6. The zero-order valence-corrected chi connectivity index (χ0v) is 16.3. The number of aromatic carboxylic acids is 1. The summed E-state index contributed by atoms with van der Waals surface area (Å²) in [5.41, 5.74) is 0.808. The standard InChI is InChI=1S/C22H30N2O4/c25-19-8-6-18(7-9-19)24-13-3-11-22(21(24)28)10-2-12-23(22)15-16-4-1-5-17(14-16)20(26)27/h1,4-5,14,18-19,25H,2-3,6-13,15H2,(H,26,27). The van der Waals surface area contributed by atoms with Crippen molar-refractivity contribution in [3.63, 3.8) is 0 Å². The third-order valence-electron chi connectivity index (χ3n) is 6.93. The molecule has 2 N–H and O–H groups in total. The molecule has 28 heavy (non-hydrogen) atoms. The summed E-state index contributed by atoms with van der Waals surface area (Å²) in [5.74, 6) is -0.663. The molecular weight excluding hydrogens is 356 g/mol. The molecule has 4 rings (SSSR count). The number of benzene rings is 1. The van der Waals surface area contributed by atoms with E-state index >= 15 is 0 Å². The molecule has 1 aromatic rings. The maximum Gasteiger partial charge on any atom is 0.335 e. The SMILES string of the molecule is O=C(O)c1cccc(CN2CCCC23CCCN(C2CCC(O)CC2)C3=O)c1. The molecule has 1 amide bonds. The van der Waals surface area contributed by atoms with E-state index in [4.69, 9.17) is 0 Å². The van der Waals surface area contributed by atoms with Gasteiger partial charge in [0, 0.05) is 19.1 Å². The second-order valence-corrected chi connectivity index (χ2v) is 8.63. The van der Waals surface area contributed by atoms with E-state index in [1.165, 1.54) is 0 Å². The lowest BCUT2D eigenvalue weighted by Crippen LogP contribution is -2.62. The van der Waals surface area contributed by atoms with Crippen molar-refractivity contribution < 1.29 is 19.8 Å². The molecule has 1 unspecified atom stereocenters. The van der Waals surface area contributed by atoms with Gasteiger partial charge in [0.2, 0.25) is 5.91 Å². The van der Waals surface area contributed by atoms with Crippen LogP contribution in [0.15, 0.2) is 24.3 Å². The quantitative estimate of drug-likeness (QED) is 0.831. The number of likely N-dealkylation sites (tertiary alicyclic amines) is 2. The Morgan fingerprint density at radius 3 is 2.54 bits per heavy atom. The molecule has 1 atom stereocenters. The van der Waals surface area contributed by atoms with E-state index < -0.39 is 11.5 Å². The van der Waals surface area contributed by atoms with Crippen LogP contribution in [-0.4, -0.2) is 62.7 Å². The molecule has 3 aliphatic rings. The van der Waals surface area contributed by atoms with Gasteiger partial charge in [-0.15, -0.1) is 0 Å². The fourth-order valence-corrected chi connectivity index (χ4v) is 5.45. The third-order valence-corrected chi connectivity index (χ3v) is 6.93. The minimum atomic E-state index is -0.919. The first-order chi connectivity index (χ1) is 13.5. The highest BCUT2D eigenvalue weighted by molar-refractivity contribution is 5.88. The summed E-state index contributed by atoms with van der Waals surface area (Å²) in [6.07, 6.45) is 6.92. The number of amides is 1. The normalized spacial score (nSPS) is 31.5. The van der Waals surface area contributed by atoms with E-state index in [9.17, 15) is 19.8 Å². The number of nitrogens with zero attached hydrogens (tertiary/aromatic N) is 2. The van der Waals surface area contributed by atoms with Crippen molar-refractivity contribution in [2.75, 3.05) is 13.1 Å².